The first-order valence-electron chi connectivity index (χ1n) is 6.98. The molecular weight excluding hydrogens is 252 g/mol. The van der Waals surface area contributed by atoms with Crippen molar-refractivity contribution < 1.29 is 4.74 Å². The zero-order valence-electron chi connectivity index (χ0n) is 11.6. The molecule has 0 bridgehead atoms. The van der Waals surface area contributed by atoms with E-state index in [2.05, 4.69) is 39.0 Å². The number of rotatable bonds is 5. The molecule has 1 saturated heterocycles. The van der Waals surface area contributed by atoms with Gasteiger partial charge in [-0.3, -0.25) is 5.10 Å². The van der Waals surface area contributed by atoms with Crippen molar-refractivity contribution in [3.63, 3.8) is 0 Å². The SMILES string of the molecule is CNc1ccccc1CN[C@@H]1CCO[C@H]1c1ccn[nH]1. The highest BCUT2D eigenvalue weighted by Gasteiger charge is 2.30. The number of nitrogens with one attached hydrogen (secondary N) is 3. The number of hydrogen-bond acceptors (Lipinski definition) is 4. The van der Waals surface area contributed by atoms with Crippen LogP contribution in [0.2, 0.25) is 0 Å². The van der Waals surface area contributed by atoms with Gasteiger partial charge in [0.1, 0.15) is 6.10 Å². The lowest BCUT2D eigenvalue weighted by atomic mass is 10.1. The quantitative estimate of drug-likeness (QED) is 0.780. The second-order valence-electron chi connectivity index (χ2n) is 4.99. The van der Waals surface area contributed by atoms with Crippen LogP contribution in [0.15, 0.2) is 36.5 Å². The molecule has 0 unspecified atom stereocenters. The highest BCUT2D eigenvalue weighted by Crippen LogP contribution is 2.28. The van der Waals surface area contributed by atoms with Gasteiger partial charge in [0.15, 0.2) is 0 Å². The first-order valence-corrected chi connectivity index (χ1v) is 6.98. The molecule has 5 nitrogen and oxygen atoms in total. The highest BCUT2D eigenvalue weighted by atomic mass is 16.5. The minimum atomic E-state index is 0.0687. The third-order valence-corrected chi connectivity index (χ3v) is 3.76. The average Bonchev–Trinajstić information content (AvgIpc) is 3.15. The fourth-order valence-corrected chi connectivity index (χ4v) is 2.69. The van der Waals surface area contributed by atoms with Crippen LogP contribution in [0.25, 0.3) is 0 Å². The van der Waals surface area contributed by atoms with Crippen LogP contribution in [0.3, 0.4) is 0 Å². The van der Waals surface area contributed by atoms with Crippen LogP contribution in [0.4, 0.5) is 5.69 Å². The molecule has 0 radical (unpaired) electrons. The van der Waals surface area contributed by atoms with E-state index in [1.807, 2.05) is 19.2 Å². The summed E-state index contributed by atoms with van der Waals surface area (Å²) in [6, 6.07) is 10.6. The third kappa shape index (κ3) is 2.69. The summed E-state index contributed by atoms with van der Waals surface area (Å²) in [5, 5.41) is 13.8. The van der Waals surface area contributed by atoms with E-state index in [0.717, 1.165) is 31.0 Å². The van der Waals surface area contributed by atoms with Crippen LogP contribution in [-0.4, -0.2) is 29.9 Å². The Morgan fingerprint density at radius 1 is 1.35 bits per heavy atom. The van der Waals surface area contributed by atoms with E-state index in [0.29, 0.717) is 6.04 Å². The predicted molar refractivity (Wildman–Crippen MR) is 78.5 cm³/mol. The molecule has 1 fully saturated rings. The summed E-state index contributed by atoms with van der Waals surface area (Å²) >= 11 is 0. The molecule has 3 N–H and O–H groups in total. The molecular formula is C15H20N4O. The number of para-hydroxylation sites is 1. The molecule has 3 rings (SSSR count). The first-order chi connectivity index (χ1) is 9.88. The van der Waals surface area contributed by atoms with Crippen LogP contribution in [0, 0.1) is 0 Å². The van der Waals surface area contributed by atoms with Crippen molar-refractivity contribution in [2.75, 3.05) is 19.0 Å². The van der Waals surface area contributed by atoms with Gasteiger partial charge in [0.05, 0.1) is 5.69 Å². The summed E-state index contributed by atoms with van der Waals surface area (Å²) in [4.78, 5) is 0. The molecule has 2 aromatic rings. The van der Waals surface area contributed by atoms with Gasteiger partial charge in [0.25, 0.3) is 0 Å². The second kappa shape index (κ2) is 6.07. The third-order valence-electron chi connectivity index (χ3n) is 3.76. The van der Waals surface area contributed by atoms with Crippen molar-refractivity contribution in [3.8, 4) is 0 Å². The summed E-state index contributed by atoms with van der Waals surface area (Å²) in [6.07, 6.45) is 2.86. The van der Waals surface area contributed by atoms with Crippen LogP contribution >= 0.6 is 0 Å². The predicted octanol–water partition coefficient (Wildman–Crippen LogP) is 2.07. The Balaban J connectivity index is 1.65. The number of aromatic amines is 1. The van der Waals surface area contributed by atoms with E-state index >= 15 is 0 Å². The second-order valence-corrected chi connectivity index (χ2v) is 4.99. The molecule has 0 amide bonds. The lowest BCUT2D eigenvalue weighted by Gasteiger charge is -2.19. The minimum absolute atomic E-state index is 0.0687. The average molecular weight is 272 g/mol. The summed E-state index contributed by atoms with van der Waals surface area (Å²) < 4.78 is 5.81. The molecule has 1 aliphatic rings. The number of aromatic nitrogens is 2. The minimum Gasteiger partial charge on any atom is -0.388 e. The van der Waals surface area contributed by atoms with Gasteiger partial charge < -0.3 is 15.4 Å². The fraction of sp³-hybridized carbons (Fsp3) is 0.400. The number of H-pyrrole nitrogens is 1. The lowest BCUT2D eigenvalue weighted by molar-refractivity contribution is 0.0951. The smallest absolute Gasteiger partial charge is 0.114 e. The monoisotopic (exact) mass is 272 g/mol. The number of anilines is 1. The van der Waals surface area contributed by atoms with E-state index < -0.39 is 0 Å². The van der Waals surface area contributed by atoms with Gasteiger partial charge in [0, 0.05) is 38.1 Å². The number of nitrogens with zero attached hydrogens (tertiary/aromatic N) is 1. The van der Waals surface area contributed by atoms with Crippen molar-refractivity contribution in [3.05, 3.63) is 47.8 Å². The van der Waals surface area contributed by atoms with E-state index in [-0.39, 0.29) is 6.10 Å². The van der Waals surface area contributed by atoms with Crippen molar-refractivity contribution in [1.29, 1.82) is 0 Å². The molecule has 0 spiro atoms. The molecule has 5 heteroatoms. The van der Waals surface area contributed by atoms with Gasteiger partial charge in [-0.25, -0.2) is 0 Å². The topological polar surface area (TPSA) is 62.0 Å². The van der Waals surface area contributed by atoms with Gasteiger partial charge in [-0.15, -0.1) is 0 Å². The summed E-state index contributed by atoms with van der Waals surface area (Å²) in [5.74, 6) is 0. The molecule has 2 atom stereocenters. The molecule has 2 heterocycles. The molecule has 106 valence electrons. The molecule has 1 aliphatic heterocycles. The molecule has 0 aliphatic carbocycles. The lowest BCUT2D eigenvalue weighted by Crippen LogP contribution is -2.31. The maximum absolute atomic E-state index is 5.81. The molecule has 1 aromatic carbocycles. The maximum Gasteiger partial charge on any atom is 0.114 e. The van der Waals surface area contributed by atoms with Crippen LogP contribution < -0.4 is 10.6 Å². The fourth-order valence-electron chi connectivity index (χ4n) is 2.69. The van der Waals surface area contributed by atoms with Gasteiger partial charge in [0.2, 0.25) is 0 Å². The Labute approximate surface area is 118 Å². The van der Waals surface area contributed by atoms with Gasteiger partial charge >= 0.3 is 0 Å². The number of hydrogen-bond donors (Lipinski definition) is 3. The van der Waals surface area contributed by atoms with Crippen molar-refractivity contribution in [1.82, 2.24) is 15.5 Å². The zero-order chi connectivity index (χ0) is 13.8. The van der Waals surface area contributed by atoms with Crippen LogP contribution in [-0.2, 0) is 11.3 Å². The maximum atomic E-state index is 5.81. The largest absolute Gasteiger partial charge is 0.388 e. The number of benzene rings is 1. The van der Waals surface area contributed by atoms with E-state index in [4.69, 9.17) is 4.74 Å². The highest BCUT2D eigenvalue weighted by molar-refractivity contribution is 5.50. The summed E-state index contributed by atoms with van der Waals surface area (Å²) in [7, 11) is 1.95. The zero-order valence-corrected chi connectivity index (χ0v) is 11.6. The number of ether oxygens (including phenoxy) is 1. The standard InChI is InChI=1S/C15H20N4O/c1-16-12-5-3-2-4-11(12)10-17-13-7-9-20-15(13)14-6-8-18-19-14/h2-6,8,13,15-17H,7,9-10H2,1H3,(H,18,19)/t13-,15-/m1/s1. The van der Waals surface area contributed by atoms with Gasteiger partial charge in [-0.1, -0.05) is 18.2 Å². The van der Waals surface area contributed by atoms with Crippen LogP contribution in [0.1, 0.15) is 23.8 Å². The first kappa shape index (κ1) is 13.1. The Hall–Kier alpha value is -1.85. The molecule has 1 aromatic heterocycles. The van der Waals surface area contributed by atoms with Gasteiger partial charge in [-0.05, 0) is 24.1 Å². The normalized spacial score (nSPS) is 22.1. The van der Waals surface area contributed by atoms with Crippen molar-refractivity contribution in [2.45, 2.75) is 25.1 Å². The molecule has 0 saturated carbocycles. The Bertz CT molecular complexity index is 541. The van der Waals surface area contributed by atoms with Gasteiger partial charge in [-0.2, -0.15) is 5.10 Å². The Morgan fingerprint density at radius 3 is 3.05 bits per heavy atom. The molecule has 20 heavy (non-hydrogen) atoms. The van der Waals surface area contributed by atoms with E-state index in [9.17, 15) is 0 Å². The Kier molecular flexibility index (Phi) is 3.99. The van der Waals surface area contributed by atoms with Crippen molar-refractivity contribution in [2.24, 2.45) is 0 Å². The van der Waals surface area contributed by atoms with E-state index in [1.54, 1.807) is 6.20 Å². The van der Waals surface area contributed by atoms with E-state index in [1.165, 1.54) is 5.56 Å². The summed E-state index contributed by atoms with van der Waals surface area (Å²) in [5.41, 5.74) is 3.48. The Morgan fingerprint density at radius 2 is 2.25 bits per heavy atom. The summed E-state index contributed by atoms with van der Waals surface area (Å²) in [6.45, 7) is 1.62. The van der Waals surface area contributed by atoms with Crippen molar-refractivity contribution >= 4 is 5.69 Å². The van der Waals surface area contributed by atoms with Crippen LogP contribution in [0.5, 0.6) is 0 Å².